The van der Waals surface area contributed by atoms with E-state index in [0.717, 1.165) is 29.0 Å². The Morgan fingerprint density at radius 1 is 1.42 bits per heavy atom. The van der Waals surface area contributed by atoms with Crippen LogP contribution in [0.25, 0.3) is 0 Å². The molecule has 0 bridgehead atoms. The molecule has 0 aromatic carbocycles. The third-order valence-electron chi connectivity index (χ3n) is 4.74. The van der Waals surface area contributed by atoms with Gasteiger partial charge in [-0.1, -0.05) is 13.8 Å². The number of Topliss-reactive ketones (excluding diaryl/α,β-unsaturated/α-hetero) is 1. The fourth-order valence-electron chi connectivity index (χ4n) is 3.79. The lowest BCUT2D eigenvalue weighted by Gasteiger charge is -2.38. The van der Waals surface area contributed by atoms with Gasteiger partial charge in [-0.05, 0) is 48.1 Å². The van der Waals surface area contributed by atoms with Gasteiger partial charge in [0.2, 0.25) is 0 Å². The molecule has 1 aliphatic heterocycles. The zero-order valence-electron chi connectivity index (χ0n) is 14.6. The molecule has 0 N–H and O–H groups in total. The van der Waals surface area contributed by atoms with Crippen LogP contribution in [0, 0.1) is 11.3 Å². The first-order valence-electron chi connectivity index (χ1n) is 8.34. The van der Waals surface area contributed by atoms with Crippen LogP contribution >= 0.6 is 11.3 Å². The molecule has 0 fully saturated rings. The SMILES string of the molecule is CCOC(=O)C1C(C)=NC2=C(C(=O)CC(C)(C)C2)C1c1ccsc1. The first kappa shape index (κ1) is 17.1. The highest BCUT2D eigenvalue weighted by atomic mass is 32.1. The van der Waals surface area contributed by atoms with Gasteiger partial charge in [-0.2, -0.15) is 11.3 Å². The number of aliphatic imine (C=N–C) groups is 1. The number of hydrogen-bond donors (Lipinski definition) is 0. The van der Waals surface area contributed by atoms with Crippen molar-refractivity contribution in [2.24, 2.45) is 16.3 Å². The summed E-state index contributed by atoms with van der Waals surface area (Å²) in [7, 11) is 0. The summed E-state index contributed by atoms with van der Waals surface area (Å²) in [5.41, 5.74) is 3.24. The van der Waals surface area contributed by atoms with Crippen molar-refractivity contribution in [1.82, 2.24) is 0 Å². The van der Waals surface area contributed by atoms with Crippen LogP contribution in [0.1, 0.15) is 52.0 Å². The van der Waals surface area contributed by atoms with Gasteiger partial charge in [-0.15, -0.1) is 0 Å². The third-order valence-corrected chi connectivity index (χ3v) is 5.45. The molecule has 1 aliphatic carbocycles. The monoisotopic (exact) mass is 345 g/mol. The maximum Gasteiger partial charge on any atom is 0.315 e. The molecule has 2 aliphatic rings. The van der Waals surface area contributed by atoms with Gasteiger partial charge >= 0.3 is 5.97 Å². The summed E-state index contributed by atoms with van der Waals surface area (Å²) in [6, 6.07) is 2.00. The van der Waals surface area contributed by atoms with Crippen molar-refractivity contribution in [2.45, 2.75) is 46.5 Å². The number of hydrogen-bond acceptors (Lipinski definition) is 5. The Kier molecular flexibility index (Phi) is 4.47. The van der Waals surface area contributed by atoms with E-state index in [1.54, 1.807) is 18.3 Å². The third kappa shape index (κ3) is 2.97. The Balaban J connectivity index is 2.13. The number of esters is 1. The van der Waals surface area contributed by atoms with E-state index in [1.807, 2.05) is 23.8 Å². The second-order valence-electron chi connectivity index (χ2n) is 7.32. The topological polar surface area (TPSA) is 55.7 Å². The maximum atomic E-state index is 12.9. The smallest absolute Gasteiger partial charge is 0.315 e. The van der Waals surface area contributed by atoms with E-state index in [4.69, 9.17) is 4.74 Å². The number of ether oxygens (including phenoxy) is 1. The highest BCUT2D eigenvalue weighted by Crippen LogP contribution is 2.48. The molecule has 3 rings (SSSR count). The summed E-state index contributed by atoms with van der Waals surface area (Å²) < 4.78 is 5.29. The normalized spacial score (nSPS) is 26.0. The zero-order valence-corrected chi connectivity index (χ0v) is 15.4. The average molecular weight is 345 g/mol. The summed E-state index contributed by atoms with van der Waals surface area (Å²) >= 11 is 1.58. The van der Waals surface area contributed by atoms with Gasteiger partial charge in [0, 0.05) is 29.3 Å². The first-order valence-corrected chi connectivity index (χ1v) is 9.28. The molecule has 0 saturated carbocycles. The van der Waals surface area contributed by atoms with Gasteiger partial charge in [0.15, 0.2) is 5.78 Å². The molecule has 1 aromatic heterocycles. The van der Waals surface area contributed by atoms with Crippen LogP contribution in [0.15, 0.2) is 33.1 Å². The van der Waals surface area contributed by atoms with Crippen LogP contribution in [0.4, 0.5) is 0 Å². The lowest BCUT2D eigenvalue weighted by Crippen LogP contribution is -2.39. The standard InChI is InChI=1S/C19H23NO3S/c1-5-23-18(22)15-11(2)20-13-8-19(3,4)9-14(21)17(13)16(15)12-6-7-24-10-12/h6-7,10,15-16H,5,8-9H2,1-4H3. The summed E-state index contributed by atoms with van der Waals surface area (Å²) in [5.74, 6) is -0.961. The molecule has 0 saturated heterocycles. The molecule has 2 unspecified atom stereocenters. The van der Waals surface area contributed by atoms with Gasteiger partial charge in [-0.3, -0.25) is 14.6 Å². The quantitative estimate of drug-likeness (QED) is 0.774. The Bertz CT molecular complexity index is 728. The van der Waals surface area contributed by atoms with Gasteiger partial charge in [0.05, 0.1) is 6.61 Å². The van der Waals surface area contributed by atoms with E-state index in [0.29, 0.717) is 13.0 Å². The molecule has 0 radical (unpaired) electrons. The van der Waals surface area contributed by atoms with E-state index >= 15 is 0 Å². The Morgan fingerprint density at radius 3 is 2.79 bits per heavy atom. The predicted octanol–water partition coefficient (Wildman–Crippen LogP) is 4.13. The Hall–Kier alpha value is -1.75. The van der Waals surface area contributed by atoms with Crippen molar-refractivity contribution in [3.05, 3.63) is 33.7 Å². The van der Waals surface area contributed by atoms with E-state index in [1.165, 1.54) is 0 Å². The molecule has 2 atom stereocenters. The van der Waals surface area contributed by atoms with Crippen molar-refractivity contribution in [3.63, 3.8) is 0 Å². The minimum atomic E-state index is -0.511. The van der Waals surface area contributed by atoms with Crippen molar-refractivity contribution in [1.29, 1.82) is 0 Å². The van der Waals surface area contributed by atoms with Gasteiger partial charge in [-0.25, -0.2) is 0 Å². The van der Waals surface area contributed by atoms with E-state index in [9.17, 15) is 9.59 Å². The molecule has 1 aromatic rings. The molecule has 128 valence electrons. The summed E-state index contributed by atoms with van der Waals surface area (Å²) in [5, 5.41) is 4.00. The van der Waals surface area contributed by atoms with Crippen LogP contribution in [-0.4, -0.2) is 24.1 Å². The lowest BCUT2D eigenvalue weighted by molar-refractivity contribution is -0.146. The Labute approximate surface area is 146 Å². The molecule has 4 nitrogen and oxygen atoms in total. The summed E-state index contributed by atoms with van der Waals surface area (Å²) in [6.07, 6.45) is 1.26. The van der Waals surface area contributed by atoms with Crippen LogP contribution in [-0.2, 0) is 14.3 Å². The zero-order chi connectivity index (χ0) is 17.5. The maximum absolute atomic E-state index is 12.9. The fourth-order valence-corrected chi connectivity index (χ4v) is 4.49. The molecule has 0 spiro atoms. The van der Waals surface area contributed by atoms with Gasteiger partial charge in [0.25, 0.3) is 0 Å². The molecule has 24 heavy (non-hydrogen) atoms. The molecular formula is C19H23NO3S. The number of carbonyl (C=O) groups is 2. The van der Waals surface area contributed by atoms with Crippen LogP contribution in [0.3, 0.4) is 0 Å². The number of thiophene rings is 1. The molecule has 0 amide bonds. The molecule has 5 heteroatoms. The minimum Gasteiger partial charge on any atom is -0.465 e. The second-order valence-corrected chi connectivity index (χ2v) is 8.10. The summed E-state index contributed by atoms with van der Waals surface area (Å²) in [4.78, 5) is 30.2. The van der Waals surface area contributed by atoms with Crippen molar-refractivity contribution in [3.8, 4) is 0 Å². The molecule has 2 heterocycles. The fraction of sp³-hybridized carbons (Fsp3) is 0.526. The van der Waals surface area contributed by atoms with Gasteiger partial charge in [0.1, 0.15) is 5.92 Å². The van der Waals surface area contributed by atoms with Crippen LogP contribution < -0.4 is 0 Å². The van der Waals surface area contributed by atoms with Gasteiger partial charge < -0.3 is 4.74 Å². The first-order chi connectivity index (χ1) is 11.3. The Morgan fingerprint density at radius 2 is 2.17 bits per heavy atom. The van der Waals surface area contributed by atoms with Crippen LogP contribution in [0.2, 0.25) is 0 Å². The number of nitrogens with zero attached hydrogens (tertiary/aromatic N) is 1. The number of rotatable bonds is 3. The number of ketones is 1. The van der Waals surface area contributed by atoms with E-state index in [2.05, 4.69) is 18.8 Å². The highest BCUT2D eigenvalue weighted by molar-refractivity contribution is 7.08. The number of carbonyl (C=O) groups excluding carboxylic acids is 2. The largest absolute Gasteiger partial charge is 0.465 e. The molecular weight excluding hydrogens is 322 g/mol. The van der Waals surface area contributed by atoms with Crippen LogP contribution in [0.5, 0.6) is 0 Å². The lowest BCUT2D eigenvalue weighted by atomic mass is 9.67. The predicted molar refractivity (Wildman–Crippen MR) is 95.3 cm³/mol. The van der Waals surface area contributed by atoms with Crippen molar-refractivity contribution < 1.29 is 14.3 Å². The average Bonchev–Trinajstić information content (AvgIpc) is 2.98. The number of allylic oxidation sites excluding steroid dienone is 2. The highest BCUT2D eigenvalue weighted by Gasteiger charge is 2.46. The van der Waals surface area contributed by atoms with E-state index < -0.39 is 5.92 Å². The minimum absolute atomic E-state index is 0.0876. The van der Waals surface area contributed by atoms with Crippen molar-refractivity contribution >= 4 is 28.8 Å². The second kappa shape index (κ2) is 6.28. The van der Waals surface area contributed by atoms with Crippen molar-refractivity contribution in [2.75, 3.05) is 6.61 Å². The van der Waals surface area contributed by atoms with E-state index in [-0.39, 0.29) is 23.1 Å². The summed E-state index contributed by atoms with van der Waals surface area (Å²) in [6.45, 7) is 8.18.